The summed E-state index contributed by atoms with van der Waals surface area (Å²) in [5.74, 6) is 0.0434. The highest BCUT2D eigenvalue weighted by atomic mass is 32.2. The van der Waals surface area contributed by atoms with Crippen molar-refractivity contribution < 1.29 is 9.59 Å². The van der Waals surface area contributed by atoms with E-state index in [0.29, 0.717) is 5.16 Å². The molecule has 1 fully saturated rings. The number of aryl methyl sites for hydroxylation is 2. The van der Waals surface area contributed by atoms with Crippen LogP contribution in [0, 0.1) is 13.8 Å². The molecule has 2 rings (SSSR count). The molecule has 1 saturated heterocycles. The van der Waals surface area contributed by atoms with Crippen LogP contribution in [0.3, 0.4) is 0 Å². The molecule has 2 heterocycles. The number of aromatic nitrogens is 2. The lowest BCUT2D eigenvalue weighted by molar-refractivity contribution is -0.136. The summed E-state index contributed by atoms with van der Waals surface area (Å²) in [7, 11) is 0. The Kier molecular flexibility index (Phi) is 6.38. The zero-order valence-corrected chi connectivity index (χ0v) is 14.8. The Bertz CT molecular complexity index is 553. The van der Waals surface area contributed by atoms with Crippen LogP contribution in [0.4, 0.5) is 0 Å². The molecule has 0 radical (unpaired) electrons. The molecule has 2 amide bonds. The van der Waals surface area contributed by atoms with Crippen LogP contribution in [0.25, 0.3) is 0 Å². The number of nitrogens with one attached hydrogen (secondary N) is 1. The maximum Gasteiger partial charge on any atom is 0.244 e. The third-order valence-corrected chi connectivity index (χ3v) is 4.56. The SMILES string of the molecule is Cc1cc(C)nc(SCC(=O)N[C@@H](C)C(=O)N2CCCCC2)n1. The van der Waals surface area contributed by atoms with Crippen LogP contribution in [0.2, 0.25) is 0 Å². The molecule has 1 aromatic heterocycles. The topological polar surface area (TPSA) is 75.2 Å². The minimum absolute atomic E-state index is 0.00528. The van der Waals surface area contributed by atoms with Crippen molar-refractivity contribution in [2.24, 2.45) is 0 Å². The number of piperidine rings is 1. The third kappa shape index (κ3) is 5.49. The molecule has 0 saturated carbocycles. The second-order valence-corrected chi connectivity index (χ2v) is 6.84. The molecule has 0 aliphatic carbocycles. The summed E-state index contributed by atoms with van der Waals surface area (Å²) in [5.41, 5.74) is 1.77. The van der Waals surface area contributed by atoms with Crippen molar-refractivity contribution in [1.82, 2.24) is 20.2 Å². The van der Waals surface area contributed by atoms with Gasteiger partial charge in [-0.15, -0.1) is 0 Å². The first kappa shape index (κ1) is 17.7. The number of carbonyl (C=O) groups is 2. The van der Waals surface area contributed by atoms with E-state index in [0.717, 1.165) is 37.3 Å². The number of carbonyl (C=O) groups excluding carboxylic acids is 2. The minimum atomic E-state index is -0.485. The molecule has 1 aliphatic rings. The number of rotatable bonds is 5. The van der Waals surface area contributed by atoms with Crippen LogP contribution >= 0.6 is 11.8 Å². The smallest absolute Gasteiger partial charge is 0.244 e. The van der Waals surface area contributed by atoms with Gasteiger partial charge in [0.25, 0.3) is 0 Å². The van der Waals surface area contributed by atoms with E-state index in [1.165, 1.54) is 18.2 Å². The van der Waals surface area contributed by atoms with E-state index in [1.54, 1.807) is 6.92 Å². The van der Waals surface area contributed by atoms with Gasteiger partial charge < -0.3 is 10.2 Å². The fourth-order valence-electron chi connectivity index (χ4n) is 2.62. The summed E-state index contributed by atoms with van der Waals surface area (Å²) in [5, 5.41) is 3.36. The van der Waals surface area contributed by atoms with E-state index in [9.17, 15) is 9.59 Å². The normalized spacial score (nSPS) is 16.0. The van der Waals surface area contributed by atoms with Crippen LogP contribution in [-0.4, -0.2) is 51.6 Å². The van der Waals surface area contributed by atoms with Gasteiger partial charge in [0.05, 0.1) is 5.75 Å². The fraction of sp³-hybridized carbons (Fsp3) is 0.625. The van der Waals surface area contributed by atoms with Crippen molar-refractivity contribution in [2.75, 3.05) is 18.8 Å². The summed E-state index contributed by atoms with van der Waals surface area (Å²) < 4.78 is 0. The second kappa shape index (κ2) is 8.29. The molecule has 1 atom stereocenters. The fourth-order valence-corrected chi connectivity index (χ4v) is 3.38. The van der Waals surface area contributed by atoms with Crippen LogP contribution in [0.5, 0.6) is 0 Å². The van der Waals surface area contributed by atoms with Crippen molar-refractivity contribution in [1.29, 1.82) is 0 Å². The van der Waals surface area contributed by atoms with Crippen LogP contribution < -0.4 is 5.32 Å². The first-order valence-electron chi connectivity index (χ1n) is 7.99. The summed E-state index contributed by atoms with van der Waals surface area (Å²) >= 11 is 1.29. The van der Waals surface area contributed by atoms with Crippen molar-refractivity contribution in [3.8, 4) is 0 Å². The van der Waals surface area contributed by atoms with Crippen LogP contribution in [0.15, 0.2) is 11.2 Å². The lowest BCUT2D eigenvalue weighted by Gasteiger charge is -2.29. The van der Waals surface area contributed by atoms with Crippen molar-refractivity contribution in [3.63, 3.8) is 0 Å². The van der Waals surface area contributed by atoms with Gasteiger partial charge in [-0.1, -0.05) is 11.8 Å². The van der Waals surface area contributed by atoms with E-state index < -0.39 is 6.04 Å². The molecular formula is C16H24N4O2S. The number of hydrogen-bond donors (Lipinski definition) is 1. The Morgan fingerprint density at radius 2 is 1.83 bits per heavy atom. The second-order valence-electron chi connectivity index (χ2n) is 5.90. The zero-order chi connectivity index (χ0) is 16.8. The van der Waals surface area contributed by atoms with Gasteiger partial charge in [-0.3, -0.25) is 9.59 Å². The molecule has 0 spiro atoms. The monoisotopic (exact) mass is 336 g/mol. The van der Waals surface area contributed by atoms with E-state index in [2.05, 4.69) is 15.3 Å². The molecule has 0 unspecified atom stereocenters. The molecule has 126 valence electrons. The van der Waals surface area contributed by atoms with E-state index in [-0.39, 0.29) is 17.6 Å². The van der Waals surface area contributed by atoms with Crippen molar-refractivity contribution in [3.05, 3.63) is 17.5 Å². The van der Waals surface area contributed by atoms with Crippen molar-refractivity contribution >= 4 is 23.6 Å². The minimum Gasteiger partial charge on any atom is -0.344 e. The quantitative estimate of drug-likeness (QED) is 0.654. The molecular weight excluding hydrogens is 312 g/mol. The maximum atomic E-state index is 12.3. The van der Waals surface area contributed by atoms with Gasteiger partial charge in [-0.2, -0.15) is 0 Å². The van der Waals surface area contributed by atoms with Gasteiger partial charge in [0.15, 0.2) is 5.16 Å². The van der Waals surface area contributed by atoms with Crippen molar-refractivity contribution in [2.45, 2.75) is 51.2 Å². The van der Waals surface area contributed by atoms with Gasteiger partial charge in [-0.25, -0.2) is 9.97 Å². The highest BCUT2D eigenvalue weighted by Crippen LogP contribution is 2.14. The predicted molar refractivity (Wildman–Crippen MR) is 90.3 cm³/mol. The average molecular weight is 336 g/mol. The largest absolute Gasteiger partial charge is 0.344 e. The first-order valence-corrected chi connectivity index (χ1v) is 8.97. The van der Waals surface area contributed by atoms with E-state index in [1.807, 2.05) is 24.8 Å². The van der Waals surface area contributed by atoms with Gasteiger partial charge >= 0.3 is 0 Å². The molecule has 1 aromatic rings. The van der Waals surface area contributed by atoms with Gasteiger partial charge in [0.1, 0.15) is 6.04 Å². The Morgan fingerprint density at radius 1 is 1.22 bits per heavy atom. The number of likely N-dealkylation sites (tertiary alicyclic amines) is 1. The van der Waals surface area contributed by atoms with Gasteiger partial charge in [0.2, 0.25) is 11.8 Å². The summed E-state index contributed by atoms with van der Waals surface area (Å²) in [6, 6.07) is 1.41. The van der Waals surface area contributed by atoms with Crippen LogP contribution in [0.1, 0.15) is 37.6 Å². The molecule has 1 aliphatic heterocycles. The van der Waals surface area contributed by atoms with Gasteiger partial charge in [-0.05, 0) is 46.1 Å². The number of thioether (sulfide) groups is 1. The highest BCUT2D eigenvalue weighted by Gasteiger charge is 2.23. The summed E-state index contributed by atoms with van der Waals surface area (Å²) in [4.78, 5) is 34.7. The number of amides is 2. The molecule has 23 heavy (non-hydrogen) atoms. The van der Waals surface area contributed by atoms with E-state index >= 15 is 0 Å². The number of nitrogens with zero attached hydrogens (tertiary/aromatic N) is 3. The zero-order valence-electron chi connectivity index (χ0n) is 14.0. The molecule has 6 nitrogen and oxygen atoms in total. The Hall–Kier alpha value is -1.63. The Morgan fingerprint density at radius 3 is 2.43 bits per heavy atom. The summed E-state index contributed by atoms with van der Waals surface area (Å²) in [6.07, 6.45) is 3.27. The lowest BCUT2D eigenvalue weighted by Crippen LogP contribution is -2.48. The lowest BCUT2D eigenvalue weighted by atomic mass is 10.1. The predicted octanol–water partition coefficient (Wildman–Crippen LogP) is 1.70. The Labute approximate surface area is 141 Å². The van der Waals surface area contributed by atoms with Gasteiger partial charge in [0, 0.05) is 24.5 Å². The highest BCUT2D eigenvalue weighted by molar-refractivity contribution is 7.99. The molecule has 7 heteroatoms. The Balaban J connectivity index is 1.80. The van der Waals surface area contributed by atoms with Crippen LogP contribution in [-0.2, 0) is 9.59 Å². The molecule has 0 aromatic carbocycles. The maximum absolute atomic E-state index is 12.3. The standard InChI is InChI=1S/C16H24N4O2S/c1-11-9-12(2)18-16(17-11)23-10-14(21)19-13(3)15(22)20-7-5-4-6-8-20/h9,13H,4-8,10H2,1-3H3,(H,19,21)/t13-/m0/s1. The molecule has 1 N–H and O–H groups in total. The number of hydrogen-bond acceptors (Lipinski definition) is 5. The first-order chi connectivity index (χ1) is 11.0. The van der Waals surface area contributed by atoms with E-state index in [4.69, 9.17) is 0 Å². The molecule has 0 bridgehead atoms. The average Bonchev–Trinajstić information content (AvgIpc) is 2.52. The third-order valence-electron chi connectivity index (χ3n) is 3.71. The summed E-state index contributed by atoms with van der Waals surface area (Å²) in [6.45, 7) is 7.14.